The van der Waals surface area contributed by atoms with Gasteiger partial charge < -0.3 is 8.98 Å². The van der Waals surface area contributed by atoms with Gasteiger partial charge in [-0.3, -0.25) is 0 Å². The fourth-order valence-electron chi connectivity index (χ4n) is 7.72. The standard InChI is InChI=1S/C43H27NO/c1-2-11-29(12-3-1)44-39-19-8-6-14-31(39)32-23-21-28(26-40(32)44)27-22-24-35-38(25-27)30-13-4-5-16-34(30)42(35)37-18-10-17-36-33-15-7-9-20-41(33)45-43(36)37/h1-26,42H. The van der Waals surface area contributed by atoms with E-state index in [0.29, 0.717) is 0 Å². The Labute approximate surface area is 260 Å². The average molecular weight is 574 g/mol. The topological polar surface area (TPSA) is 18.1 Å². The van der Waals surface area contributed by atoms with Crippen molar-refractivity contribution >= 4 is 43.7 Å². The molecule has 210 valence electrons. The molecule has 9 aromatic rings. The van der Waals surface area contributed by atoms with Gasteiger partial charge in [0.05, 0.1) is 11.0 Å². The van der Waals surface area contributed by atoms with Crippen molar-refractivity contribution in [1.29, 1.82) is 0 Å². The summed E-state index contributed by atoms with van der Waals surface area (Å²) in [5.41, 5.74) is 14.4. The number of rotatable bonds is 3. The first-order valence-electron chi connectivity index (χ1n) is 15.6. The summed E-state index contributed by atoms with van der Waals surface area (Å²) in [7, 11) is 0. The molecule has 0 spiro atoms. The maximum absolute atomic E-state index is 6.53. The van der Waals surface area contributed by atoms with Crippen LogP contribution in [0, 0.1) is 0 Å². The first kappa shape index (κ1) is 24.6. The van der Waals surface area contributed by atoms with Crippen LogP contribution in [-0.2, 0) is 0 Å². The van der Waals surface area contributed by atoms with Crippen LogP contribution in [0.3, 0.4) is 0 Å². The largest absolute Gasteiger partial charge is 0.456 e. The predicted molar refractivity (Wildman–Crippen MR) is 186 cm³/mol. The Bertz CT molecular complexity index is 2600. The Balaban J connectivity index is 1.17. The van der Waals surface area contributed by atoms with Crippen LogP contribution in [0.2, 0.25) is 0 Å². The summed E-state index contributed by atoms with van der Waals surface area (Å²) < 4.78 is 8.92. The van der Waals surface area contributed by atoms with Gasteiger partial charge in [-0.1, -0.05) is 121 Å². The van der Waals surface area contributed by atoms with Crippen LogP contribution in [0.25, 0.3) is 71.7 Å². The third-order valence-electron chi connectivity index (χ3n) is 9.69. The minimum absolute atomic E-state index is 0.109. The predicted octanol–water partition coefficient (Wildman–Crippen LogP) is 11.5. The Morgan fingerprint density at radius 1 is 0.422 bits per heavy atom. The highest BCUT2D eigenvalue weighted by atomic mass is 16.3. The SMILES string of the molecule is c1ccc(-n2c3ccccc3c3ccc(-c4ccc5c(c4)-c4ccccc4C5c4cccc5c4oc4ccccc45)cc32)cc1. The van der Waals surface area contributed by atoms with Gasteiger partial charge in [0.2, 0.25) is 0 Å². The molecule has 10 rings (SSSR count). The first-order valence-corrected chi connectivity index (χ1v) is 15.6. The highest BCUT2D eigenvalue weighted by Crippen LogP contribution is 2.51. The average Bonchev–Trinajstić information content (AvgIpc) is 3.76. The van der Waals surface area contributed by atoms with E-state index in [4.69, 9.17) is 4.42 Å². The third-order valence-corrected chi connectivity index (χ3v) is 9.69. The molecule has 0 saturated carbocycles. The molecule has 0 radical (unpaired) electrons. The first-order chi connectivity index (χ1) is 22.3. The van der Waals surface area contributed by atoms with Gasteiger partial charge in [-0.25, -0.2) is 0 Å². The summed E-state index contributed by atoms with van der Waals surface area (Å²) >= 11 is 0. The number of fused-ring (bicyclic) bond motifs is 9. The van der Waals surface area contributed by atoms with Crippen LogP contribution in [0.1, 0.15) is 22.6 Å². The van der Waals surface area contributed by atoms with E-state index in [9.17, 15) is 0 Å². The molecule has 0 aliphatic heterocycles. The van der Waals surface area contributed by atoms with Gasteiger partial charge in [-0.2, -0.15) is 0 Å². The van der Waals surface area contributed by atoms with Crippen LogP contribution < -0.4 is 0 Å². The molecule has 0 bridgehead atoms. The van der Waals surface area contributed by atoms with E-state index in [2.05, 4.69) is 156 Å². The van der Waals surface area contributed by atoms with Crippen molar-refractivity contribution in [2.24, 2.45) is 0 Å². The van der Waals surface area contributed by atoms with E-state index >= 15 is 0 Å². The van der Waals surface area contributed by atoms with E-state index < -0.39 is 0 Å². The van der Waals surface area contributed by atoms with E-state index in [1.165, 1.54) is 77.2 Å². The number of nitrogens with zero attached hydrogens (tertiary/aromatic N) is 1. The van der Waals surface area contributed by atoms with Crippen LogP contribution in [-0.4, -0.2) is 4.57 Å². The zero-order valence-electron chi connectivity index (χ0n) is 24.4. The van der Waals surface area contributed by atoms with Crippen molar-refractivity contribution in [2.45, 2.75) is 5.92 Å². The Kier molecular flexibility index (Phi) is 5.09. The summed E-state index contributed by atoms with van der Waals surface area (Å²) in [4.78, 5) is 0. The molecule has 2 aromatic heterocycles. The van der Waals surface area contributed by atoms with Gasteiger partial charge in [0, 0.05) is 38.7 Å². The second kappa shape index (κ2) is 9.32. The molecule has 45 heavy (non-hydrogen) atoms. The van der Waals surface area contributed by atoms with Gasteiger partial charge in [0.1, 0.15) is 11.2 Å². The Morgan fingerprint density at radius 2 is 1.09 bits per heavy atom. The second-order valence-electron chi connectivity index (χ2n) is 12.1. The quantitative estimate of drug-likeness (QED) is 0.206. The lowest BCUT2D eigenvalue weighted by Gasteiger charge is -2.15. The molecule has 1 atom stereocenters. The summed E-state index contributed by atoms with van der Waals surface area (Å²) in [5, 5.41) is 4.88. The van der Waals surface area contributed by atoms with E-state index in [1.807, 2.05) is 6.07 Å². The fourth-order valence-corrected chi connectivity index (χ4v) is 7.72. The number of benzene rings is 7. The van der Waals surface area contributed by atoms with Crippen molar-refractivity contribution in [2.75, 3.05) is 0 Å². The lowest BCUT2D eigenvalue weighted by Crippen LogP contribution is -1.99. The number of hydrogen-bond donors (Lipinski definition) is 0. The lowest BCUT2D eigenvalue weighted by molar-refractivity contribution is 0.661. The second-order valence-corrected chi connectivity index (χ2v) is 12.1. The molecule has 2 heteroatoms. The summed E-state index contributed by atoms with van der Waals surface area (Å²) in [6.07, 6.45) is 0. The number of aromatic nitrogens is 1. The molecule has 0 saturated heterocycles. The monoisotopic (exact) mass is 573 g/mol. The molecule has 0 amide bonds. The van der Waals surface area contributed by atoms with Crippen LogP contribution in [0.15, 0.2) is 162 Å². The van der Waals surface area contributed by atoms with E-state index in [0.717, 1.165) is 11.2 Å². The van der Waals surface area contributed by atoms with Crippen LogP contribution >= 0.6 is 0 Å². The lowest BCUT2D eigenvalue weighted by atomic mass is 9.87. The van der Waals surface area contributed by atoms with Gasteiger partial charge >= 0.3 is 0 Å². The van der Waals surface area contributed by atoms with Gasteiger partial charge in [0.25, 0.3) is 0 Å². The zero-order chi connectivity index (χ0) is 29.5. The summed E-state index contributed by atoms with van der Waals surface area (Å²) in [5.74, 6) is 0.109. The molecule has 1 aliphatic carbocycles. The molecule has 1 unspecified atom stereocenters. The normalized spacial score (nSPS) is 14.0. The zero-order valence-corrected chi connectivity index (χ0v) is 24.4. The molecule has 2 nitrogen and oxygen atoms in total. The fraction of sp³-hybridized carbons (Fsp3) is 0.0233. The van der Waals surface area contributed by atoms with Crippen molar-refractivity contribution < 1.29 is 4.42 Å². The molecule has 0 fully saturated rings. The minimum atomic E-state index is 0.109. The molecule has 1 aliphatic rings. The van der Waals surface area contributed by atoms with E-state index in [-0.39, 0.29) is 5.92 Å². The van der Waals surface area contributed by atoms with Crippen molar-refractivity contribution in [3.8, 4) is 27.9 Å². The minimum Gasteiger partial charge on any atom is -0.456 e. The van der Waals surface area contributed by atoms with Gasteiger partial charge in [-0.05, 0) is 69.8 Å². The molecule has 7 aromatic carbocycles. The van der Waals surface area contributed by atoms with Crippen LogP contribution in [0.4, 0.5) is 0 Å². The van der Waals surface area contributed by atoms with Gasteiger partial charge in [0.15, 0.2) is 0 Å². The smallest absolute Gasteiger partial charge is 0.139 e. The highest BCUT2D eigenvalue weighted by Gasteiger charge is 2.32. The molecule has 0 N–H and O–H groups in total. The van der Waals surface area contributed by atoms with Crippen molar-refractivity contribution in [1.82, 2.24) is 4.57 Å². The number of hydrogen-bond acceptors (Lipinski definition) is 1. The van der Waals surface area contributed by atoms with Crippen molar-refractivity contribution in [3.63, 3.8) is 0 Å². The van der Waals surface area contributed by atoms with Gasteiger partial charge in [-0.15, -0.1) is 0 Å². The molecule has 2 heterocycles. The number of furan rings is 1. The summed E-state index contributed by atoms with van der Waals surface area (Å²) in [6.45, 7) is 0. The molecular formula is C43H27NO. The maximum Gasteiger partial charge on any atom is 0.139 e. The van der Waals surface area contributed by atoms with Crippen LogP contribution in [0.5, 0.6) is 0 Å². The Hall–Kier alpha value is -5.86. The third kappa shape index (κ3) is 3.51. The molecular weight excluding hydrogens is 546 g/mol. The number of para-hydroxylation sites is 4. The van der Waals surface area contributed by atoms with E-state index in [1.54, 1.807) is 0 Å². The Morgan fingerprint density at radius 3 is 2.02 bits per heavy atom. The summed E-state index contributed by atoms with van der Waals surface area (Å²) in [6, 6.07) is 57.2. The highest BCUT2D eigenvalue weighted by molar-refractivity contribution is 6.10. The van der Waals surface area contributed by atoms with Crippen molar-refractivity contribution in [3.05, 3.63) is 174 Å². The maximum atomic E-state index is 6.53.